The maximum atomic E-state index is 15.0. The Hall–Kier alpha value is -5.02. The number of aromatic nitrogens is 3. The lowest BCUT2D eigenvalue weighted by atomic mass is 9.92. The van der Waals surface area contributed by atoms with Crippen LogP contribution in [0.2, 0.25) is 0 Å². The molecule has 6 atom stereocenters. The summed E-state index contributed by atoms with van der Waals surface area (Å²) in [5.74, 6) is 3.74. The average molecular weight is 708 g/mol. The van der Waals surface area contributed by atoms with Gasteiger partial charge >= 0.3 is 6.01 Å². The third-order valence-corrected chi connectivity index (χ3v) is 11.5. The summed E-state index contributed by atoms with van der Waals surface area (Å²) in [6.45, 7) is 9.69. The molecule has 8 rings (SSSR count). The summed E-state index contributed by atoms with van der Waals surface area (Å²) in [4.78, 5) is 35.5. The van der Waals surface area contributed by atoms with Crippen molar-refractivity contribution in [1.29, 1.82) is 0 Å². The van der Waals surface area contributed by atoms with Crippen molar-refractivity contribution in [1.82, 2.24) is 19.9 Å². The maximum absolute atomic E-state index is 15.0. The van der Waals surface area contributed by atoms with Gasteiger partial charge in [0, 0.05) is 49.9 Å². The number of hydrogen-bond donors (Lipinski definition) is 1. The lowest BCUT2D eigenvalue weighted by Crippen LogP contribution is -2.56. The lowest BCUT2D eigenvalue weighted by Gasteiger charge is -2.43. The number of ether oxygens (including phenoxy) is 1. The monoisotopic (exact) mass is 707 g/mol. The minimum absolute atomic E-state index is 0.00293. The Kier molecular flexibility index (Phi) is 8.65. The number of terminal acetylenes is 1. The van der Waals surface area contributed by atoms with Gasteiger partial charge in [-0.2, -0.15) is 9.97 Å². The zero-order valence-corrected chi connectivity index (χ0v) is 29.5. The number of anilines is 3. The fraction of sp³-hybridized carbons (Fsp3) is 0.450. The number of hydrogen-bond acceptors (Lipinski definition) is 9. The second kappa shape index (κ2) is 13.2. The van der Waals surface area contributed by atoms with Crippen LogP contribution in [0.15, 0.2) is 54.9 Å². The quantitative estimate of drug-likeness (QED) is 0.277. The number of benzene rings is 1. The van der Waals surface area contributed by atoms with Crippen LogP contribution in [0.5, 0.6) is 6.01 Å². The number of piperazine rings is 1. The highest BCUT2D eigenvalue weighted by atomic mass is 19.1. The number of allylic oxidation sites excluding steroid dienone is 1. The molecule has 6 heterocycles. The zero-order valence-electron chi connectivity index (χ0n) is 29.5. The summed E-state index contributed by atoms with van der Waals surface area (Å²) < 4.78 is 36.5. The molecule has 10 nitrogen and oxygen atoms in total. The average Bonchev–Trinajstić information content (AvgIpc) is 3.56. The normalized spacial score (nSPS) is 27.8. The van der Waals surface area contributed by atoms with Gasteiger partial charge < -0.3 is 29.4 Å². The molecule has 3 saturated heterocycles. The molecule has 5 aliphatic rings. The van der Waals surface area contributed by atoms with E-state index in [0.717, 1.165) is 29.1 Å². The topological polar surface area (TPSA) is 98.2 Å². The molecule has 3 aromatic rings. The second-order valence-corrected chi connectivity index (χ2v) is 15.0. The van der Waals surface area contributed by atoms with Gasteiger partial charge in [-0.25, -0.2) is 13.8 Å². The summed E-state index contributed by atoms with van der Waals surface area (Å²) in [6, 6.07) is 8.81. The molecule has 1 aromatic carbocycles. The molecule has 12 heteroatoms. The number of alkyl halides is 1. The van der Waals surface area contributed by atoms with Crippen molar-refractivity contribution in [3.8, 4) is 18.4 Å². The number of halogens is 2. The van der Waals surface area contributed by atoms with Gasteiger partial charge in [0.2, 0.25) is 5.91 Å². The highest BCUT2D eigenvalue weighted by Gasteiger charge is 2.47. The molecule has 0 spiro atoms. The van der Waals surface area contributed by atoms with Crippen LogP contribution in [0, 0.1) is 24.1 Å². The number of amides is 1. The highest BCUT2D eigenvalue weighted by Crippen LogP contribution is 2.42. The van der Waals surface area contributed by atoms with Gasteiger partial charge in [0.15, 0.2) is 0 Å². The maximum Gasteiger partial charge on any atom is 0.319 e. The number of nitrogens with zero attached hydrogens (tertiary/aromatic N) is 7. The van der Waals surface area contributed by atoms with Crippen LogP contribution in [-0.4, -0.2) is 93.5 Å². The lowest BCUT2D eigenvalue weighted by molar-refractivity contribution is -0.129. The molecule has 1 unspecified atom stereocenters. The Morgan fingerprint density at radius 1 is 1.19 bits per heavy atom. The summed E-state index contributed by atoms with van der Waals surface area (Å²) >= 11 is 0. The minimum atomic E-state index is -1.05. The fourth-order valence-electron chi connectivity index (χ4n) is 9.11. The van der Waals surface area contributed by atoms with Crippen molar-refractivity contribution >= 4 is 29.3 Å². The number of β-amino-alcohol motifs (C(OH)–C–C–N with tert-alkyl or cyclic N) is 1. The highest BCUT2D eigenvalue weighted by molar-refractivity contribution is 5.88. The predicted molar refractivity (Wildman–Crippen MR) is 195 cm³/mol. The number of carbonyl (C=O) groups excluding carboxylic acids is 1. The van der Waals surface area contributed by atoms with Crippen molar-refractivity contribution in [2.24, 2.45) is 5.92 Å². The molecule has 0 saturated carbocycles. The number of aliphatic hydroxyl groups excluding tert-OH is 1. The number of carbonyl (C=O) groups is 1. The number of rotatable bonds is 7. The van der Waals surface area contributed by atoms with E-state index >= 15 is 8.78 Å². The van der Waals surface area contributed by atoms with Crippen LogP contribution in [0.3, 0.4) is 0 Å². The molecule has 3 fully saturated rings. The van der Waals surface area contributed by atoms with E-state index in [-0.39, 0.29) is 55.7 Å². The Morgan fingerprint density at radius 2 is 2.04 bits per heavy atom. The third-order valence-electron chi connectivity index (χ3n) is 11.5. The van der Waals surface area contributed by atoms with Gasteiger partial charge in [0.25, 0.3) is 0 Å². The molecular formula is C40H43F2N7O3. The SMILES string of the molecule is C#Cc1c(F)ccc2c1N(C1=Cc3nc(OC[C@]4(C)C[C@@H](F)CN4c4ccccn4)nc(N4C[C@H]5CC(C)[C@@H](C4)N5C(=O)C=C)c3CC1)C[C@H](O)C2. The van der Waals surface area contributed by atoms with Gasteiger partial charge in [0.1, 0.15) is 30.2 Å². The summed E-state index contributed by atoms with van der Waals surface area (Å²) in [7, 11) is 0. The van der Waals surface area contributed by atoms with Crippen molar-refractivity contribution in [2.45, 2.75) is 75.8 Å². The summed E-state index contributed by atoms with van der Waals surface area (Å²) in [5, 5.41) is 10.9. The van der Waals surface area contributed by atoms with E-state index in [1.165, 1.54) is 12.1 Å². The molecule has 1 aliphatic carbocycles. The molecule has 1 N–H and O–H groups in total. The Balaban J connectivity index is 1.18. The number of aliphatic hydroxyl groups is 1. The second-order valence-electron chi connectivity index (χ2n) is 15.0. The number of pyridine rings is 1. The Labute approximate surface area is 302 Å². The standard InChI is InChI=1S/C40H43F2N7O3/c1-5-30-32(42)13-10-25-16-29(50)21-47(37(25)30)27-11-12-31-33(17-27)44-39(52-23-40(4)18-26(41)19-48(40)35-9-7-8-14-43-35)45-38(31)46-20-28-15-24(3)34(22-46)49(28)36(51)6-2/h1,6-10,13-14,17,24,26,28-29,34,50H,2,11-12,15-16,18-23H2,3-4H3/t24?,26-,28-,29-,34-,40+/m1/s1. The fourth-order valence-corrected chi connectivity index (χ4v) is 9.11. The molecule has 52 heavy (non-hydrogen) atoms. The molecule has 4 aliphatic heterocycles. The van der Waals surface area contributed by atoms with Crippen molar-refractivity contribution in [3.05, 3.63) is 83.1 Å². The van der Waals surface area contributed by atoms with Gasteiger partial charge in [-0.05, 0) is 68.0 Å². The first kappa shape index (κ1) is 34.1. The van der Waals surface area contributed by atoms with E-state index in [9.17, 15) is 9.90 Å². The molecule has 2 aromatic heterocycles. The molecule has 1 amide bonds. The van der Waals surface area contributed by atoms with Gasteiger partial charge in [-0.1, -0.05) is 31.6 Å². The predicted octanol–water partition coefficient (Wildman–Crippen LogP) is 4.70. The Morgan fingerprint density at radius 3 is 2.79 bits per heavy atom. The van der Waals surface area contributed by atoms with E-state index in [1.54, 1.807) is 12.3 Å². The van der Waals surface area contributed by atoms with Crippen LogP contribution >= 0.6 is 0 Å². The van der Waals surface area contributed by atoms with Crippen LogP contribution in [0.1, 0.15) is 55.5 Å². The largest absolute Gasteiger partial charge is 0.461 e. The van der Waals surface area contributed by atoms with Gasteiger partial charge in [0.05, 0.1) is 47.2 Å². The van der Waals surface area contributed by atoms with Crippen LogP contribution in [-0.2, 0) is 17.6 Å². The van der Waals surface area contributed by atoms with E-state index in [4.69, 9.17) is 21.1 Å². The Bertz CT molecular complexity index is 1990. The molecular weight excluding hydrogens is 664 g/mol. The molecule has 270 valence electrons. The van der Waals surface area contributed by atoms with E-state index in [0.29, 0.717) is 55.5 Å². The van der Waals surface area contributed by atoms with Crippen LogP contribution < -0.4 is 19.4 Å². The zero-order chi connectivity index (χ0) is 36.3. The molecule has 0 radical (unpaired) electrons. The van der Waals surface area contributed by atoms with E-state index < -0.39 is 23.6 Å². The van der Waals surface area contributed by atoms with Crippen LogP contribution in [0.25, 0.3) is 6.08 Å². The summed E-state index contributed by atoms with van der Waals surface area (Å²) in [6.07, 6.45) is 11.9. The van der Waals surface area contributed by atoms with Crippen molar-refractivity contribution in [2.75, 3.05) is 47.5 Å². The van der Waals surface area contributed by atoms with Gasteiger partial charge in [-0.15, -0.1) is 6.42 Å². The minimum Gasteiger partial charge on any atom is -0.461 e. The molecule has 2 bridgehead atoms. The van der Waals surface area contributed by atoms with Crippen LogP contribution in [0.4, 0.5) is 26.1 Å². The smallest absolute Gasteiger partial charge is 0.319 e. The number of fused-ring (bicyclic) bond motifs is 4. The first-order chi connectivity index (χ1) is 25.1. The van der Waals surface area contributed by atoms with E-state index in [2.05, 4.69) is 29.3 Å². The van der Waals surface area contributed by atoms with E-state index in [1.807, 2.05) is 45.9 Å². The first-order valence-corrected chi connectivity index (χ1v) is 18.1. The first-order valence-electron chi connectivity index (χ1n) is 18.1. The van der Waals surface area contributed by atoms with Crippen molar-refractivity contribution in [3.63, 3.8) is 0 Å². The van der Waals surface area contributed by atoms with Gasteiger partial charge in [-0.3, -0.25) is 4.79 Å². The summed E-state index contributed by atoms with van der Waals surface area (Å²) in [5.41, 5.74) is 3.32. The van der Waals surface area contributed by atoms with Crippen molar-refractivity contribution < 1.29 is 23.4 Å². The third kappa shape index (κ3) is 5.85.